The van der Waals surface area contributed by atoms with Crippen LogP contribution in [-0.2, 0) is 9.47 Å². The summed E-state index contributed by atoms with van der Waals surface area (Å²) < 4.78 is 11.2. The number of anilines is 1. The Morgan fingerprint density at radius 2 is 2.11 bits per heavy atom. The lowest BCUT2D eigenvalue weighted by molar-refractivity contribution is -0.0205. The third-order valence-electron chi connectivity index (χ3n) is 5.30. The van der Waals surface area contributed by atoms with Crippen molar-refractivity contribution in [2.24, 2.45) is 0 Å². The highest BCUT2D eigenvalue weighted by molar-refractivity contribution is 5.89. The van der Waals surface area contributed by atoms with Gasteiger partial charge in [0.25, 0.3) is 0 Å². The lowest BCUT2D eigenvalue weighted by Crippen LogP contribution is -2.53. The van der Waals surface area contributed by atoms with E-state index in [1.165, 1.54) is 0 Å². The van der Waals surface area contributed by atoms with E-state index in [0.29, 0.717) is 12.3 Å². The SMILES string of the molecule is COCC1CCCN1C1C(CNC(=O)Nc2ccccc2)OC(CO)C1O. The zero-order valence-corrected chi connectivity index (χ0v) is 15.6. The Hall–Kier alpha value is -1.71. The summed E-state index contributed by atoms with van der Waals surface area (Å²) in [5, 5.41) is 25.8. The Labute approximate surface area is 159 Å². The summed E-state index contributed by atoms with van der Waals surface area (Å²) in [5.74, 6) is 0. The highest BCUT2D eigenvalue weighted by atomic mass is 16.5. The lowest BCUT2D eigenvalue weighted by Gasteiger charge is -2.34. The third-order valence-corrected chi connectivity index (χ3v) is 5.30. The van der Waals surface area contributed by atoms with Crippen molar-refractivity contribution >= 4 is 11.7 Å². The number of rotatable bonds is 7. The topological polar surface area (TPSA) is 103 Å². The Balaban J connectivity index is 1.62. The normalized spacial score (nSPS) is 31.1. The molecule has 27 heavy (non-hydrogen) atoms. The number of para-hydroxylation sites is 1. The number of hydrogen-bond acceptors (Lipinski definition) is 6. The third kappa shape index (κ3) is 4.77. The van der Waals surface area contributed by atoms with Gasteiger partial charge in [-0.3, -0.25) is 4.90 Å². The van der Waals surface area contributed by atoms with Crippen molar-refractivity contribution in [3.8, 4) is 0 Å². The first-order valence-corrected chi connectivity index (χ1v) is 9.43. The molecule has 2 heterocycles. The molecule has 5 atom stereocenters. The number of benzene rings is 1. The summed E-state index contributed by atoms with van der Waals surface area (Å²) in [6, 6.07) is 8.76. The Kier molecular flexibility index (Phi) is 7.03. The number of carbonyl (C=O) groups excluding carboxylic acids is 1. The summed E-state index contributed by atoms with van der Waals surface area (Å²) in [7, 11) is 1.67. The van der Waals surface area contributed by atoms with Crippen LogP contribution in [0.1, 0.15) is 12.8 Å². The first kappa shape index (κ1) is 20.0. The van der Waals surface area contributed by atoms with E-state index in [-0.39, 0.29) is 31.3 Å². The first-order chi connectivity index (χ1) is 13.1. The van der Waals surface area contributed by atoms with Crippen LogP contribution >= 0.6 is 0 Å². The maximum absolute atomic E-state index is 12.2. The van der Waals surface area contributed by atoms with Gasteiger partial charge in [0.15, 0.2) is 0 Å². The minimum atomic E-state index is -0.809. The fourth-order valence-electron chi connectivity index (χ4n) is 4.07. The summed E-state index contributed by atoms with van der Waals surface area (Å²) in [6.45, 7) is 1.41. The van der Waals surface area contributed by atoms with Gasteiger partial charge in [-0.1, -0.05) is 18.2 Å². The first-order valence-electron chi connectivity index (χ1n) is 9.43. The van der Waals surface area contributed by atoms with E-state index in [9.17, 15) is 15.0 Å². The molecule has 0 radical (unpaired) electrons. The summed E-state index contributed by atoms with van der Waals surface area (Å²) in [5.41, 5.74) is 0.701. The maximum Gasteiger partial charge on any atom is 0.319 e. The molecule has 0 aliphatic carbocycles. The molecule has 4 N–H and O–H groups in total. The molecule has 3 rings (SSSR count). The summed E-state index contributed by atoms with van der Waals surface area (Å²) in [4.78, 5) is 14.4. The monoisotopic (exact) mass is 379 g/mol. The van der Waals surface area contributed by atoms with Crippen LogP contribution in [0.4, 0.5) is 10.5 Å². The van der Waals surface area contributed by atoms with E-state index >= 15 is 0 Å². The molecule has 0 aromatic heterocycles. The Bertz CT molecular complexity index is 602. The number of hydrogen-bond donors (Lipinski definition) is 4. The van der Waals surface area contributed by atoms with Crippen LogP contribution in [0.5, 0.6) is 0 Å². The second-order valence-corrected chi connectivity index (χ2v) is 7.07. The molecule has 0 spiro atoms. The Morgan fingerprint density at radius 1 is 1.33 bits per heavy atom. The van der Waals surface area contributed by atoms with Gasteiger partial charge in [-0.15, -0.1) is 0 Å². The predicted molar refractivity (Wildman–Crippen MR) is 101 cm³/mol. The van der Waals surface area contributed by atoms with E-state index in [1.807, 2.05) is 18.2 Å². The number of methoxy groups -OCH3 is 1. The predicted octanol–water partition coefficient (Wildman–Crippen LogP) is 0.408. The Morgan fingerprint density at radius 3 is 2.81 bits per heavy atom. The van der Waals surface area contributed by atoms with Gasteiger partial charge in [0, 0.05) is 25.4 Å². The van der Waals surface area contributed by atoms with Gasteiger partial charge in [0.2, 0.25) is 0 Å². The highest BCUT2D eigenvalue weighted by Crippen LogP contribution is 2.31. The molecular formula is C19H29N3O5. The molecule has 5 unspecified atom stereocenters. The molecule has 0 saturated carbocycles. The zero-order valence-electron chi connectivity index (χ0n) is 15.6. The van der Waals surface area contributed by atoms with E-state index in [0.717, 1.165) is 19.4 Å². The lowest BCUT2D eigenvalue weighted by atomic mass is 10.0. The van der Waals surface area contributed by atoms with Crippen molar-refractivity contribution in [1.29, 1.82) is 0 Å². The van der Waals surface area contributed by atoms with E-state index in [2.05, 4.69) is 15.5 Å². The second kappa shape index (κ2) is 9.48. The summed E-state index contributed by atoms with van der Waals surface area (Å²) >= 11 is 0. The average molecular weight is 379 g/mol. The van der Waals surface area contributed by atoms with Crippen molar-refractivity contribution in [1.82, 2.24) is 10.2 Å². The van der Waals surface area contributed by atoms with Gasteiger partial charge in [0.1, 0.15) is 12.2 Å². The number of nitrogens with zero attached hydrogens (tertiary/aromatic N) is 1. The number of aliphatic hydroxyl groups is 2. The van der Waals surface area contributed by atoms with Gasteiger partial charge < -0.3 is 30.3 Å². The van der Waals surface area contributed by atoms with Crippen molar-refractivity contribution in [3.05, 3.63) is 30.3 Å². The van der Waals surface area contributed by atoms with Crippen molar-refractivity contribution in [2.45, 2.75) is 43.2 Å². The van der Waals surface area contributed by atoms with E-state index in [1.54, 1.807) is 19.2 Å². The standard InChI is InChI=1S/C19H29N3O5/c1-26-12-14-8-5-9-22(14)17-15(27-16(11-23)18(17)24)10-20-19(25)21-13-6-3-2-4-7-13/h2-4,6-7,14-18,23-24H,5,8-12H2,1H3,(H2,20,21,25). The maximum atomic E-state index is 12.2. The van der Waals surface area contributed by atoms with E-state index in [4.69, 9.17) is 9.47 Å². The highest BCUT2D eigenvalue weighted by Gasteiger charge is 2.48. The van der Waals surface area contributed by atoms with Crippen LogP contribution in [0.25, 0.3) is 0 Å². The van der Waals surface area contributed by atoms with Gasteiger partial charge >= 0.3 is 6.03 Å². The minimum absolute atomic E-state index is 0.205. The largest absolute Gasteiger partial charge is 0.394 e. The molecule has 1 aromatic rings. The second-order valence-electron chi connectivity index (χ2n) is 7.07. The van der Waals surface area contributed by atoms with Gasteiger partial charge in [0.05, 0.1) is 25.4 Å². The van der Waals surface area contributed by atoms with Crippen molar-refractivity contribution in [3.63, 3.8) is 0 Å². The molecule has 8 heteroatoms. The van der Waals surface area contributed by atoms with Gasteiger partial charge in [-0.05, 0) is 31.5 Å². The quantitative estimate of drug-likeness (QED) is 0.547. The number of amides is 2. The van der Waals surface area contributed by atoms with Crippen LogP contribution in [0.15, 0.2) is 30.3 Å². The van der Waals surface area contributed by atoms with Crippen LogP contribution < -0.4 is 10.6 Å². The molecule has 2 saturated heterocycles. The molecule has 150 valence electrons. The number of nitrogens with one attached hydrogen (secondary N) is 2. The smallest absolute Gasteiger partial charge is 0.319 e. The van der Waals surface area contributed by atoms with Gasteiger partial charge in [-0.25, -0.2) is 4.79 Å². The molecule has 1 aromatic carbocycles. The molecule has 8 nitrogen and oxygen atoms in total. The number of carbonyl (C=O) groups is 1. The van der Waals surface area contributed by atoms with Crippen molar-refractivity contribution in [2.75, 3.05) is 38.7 Å². The van der Waals surface area contributed by atoms with Gasteiger partial charge in [-0.2, -0.15) is 0 Å². The molecule has 2 aliphatic rings. The fourth-order valence-corrected chi connectivity index (χ4v) is 4.07. The van der Waals surface area contributed by atoms with Crippen LogP contribution in [0.3, 0.4) is 0 Å². The number of aliphatic hydroxyl groups excluding tert-OH is 2. The molecular weight excluding hydrogens is 350 g/mol. The number of urea groups is 1. The van der Waals surface area contributed by atoms with E-state index < -0.39 is 18.3 Å². The fraction of sp³-hybridized carbons (Fsp3) is 0.632. The van der Waals surface area contributed by atoms with Crippen LogP contribution in [0.2, 0.25) is 0 Å². The zero-order chi connectivity index (χ0) is 19.2. The molecule has 0 bridgehead atoms. The summed E-state index contributed by atoms with van der Waals surface area (Å²) in [6.07, 6.45) is 0.154. The van der Waals surface area contributed by atoms with Crippen LogP contribution in [0, 0.1) is 0 Å². The molecule has 2 amide bonds. The number of ether oxygens (including phenoxy) is 2. The average Bonchev–Trinajstić information content (AvgIpc) is 3.24. The minimum Gasteiger partial charge on any atom is -0.394 e. The molecule has 2 aliphatic heterocycles. The molecule has 2 fully saturated rings. The van der Waals surface area contributed by atoms with Crippen molar-refractivity contribution < 1.29 is 24.5 Å². The van der Waals surface area contributed by atoms with Crippen LogP contribution in [-0.4, -0.2) is 85.0 Å². The number of likely N-dealkylation sites (tertiary alicyclic amines) is 1.